The van der Waals surface area contributed by atoms with Crippen LogP contribution in [0.15, 0.2) is 65.6 Å². The van der Waals surface area contributed by atoms with Gasteiger partial charge in [-0.15, -0.1) is 0 Å². The molecule has 0 aliphatic heterocycles. The molecule has 0 saturated heterocycles. The minimum absolute atomic E-state index is 0.165. The fourth-order valence-corrected chi connectivity index (χ4v) is 4.52. The number of amides is 2. The Labute approximate surface area is 172 Å². The molecule has 2 amide bonds. The molecule has 1 atom stereocenters. The summed E-state index contributed by atoms with van der Waals surface area (Å²) in [7, 11) is 0.256. The zero-order valence-corrected chi connectivity index (χ0v) is 17.5. The van der Waals surface area contributed by atoms with Crippen molar-refractivity contribution >= 4 is 21.7 Å². The van der Waals surface area contributed by atoms with Gasteiger partial charge in [0.25, 0.3) is 0 Å². The zero-order valence-electron chi connectivity index (χ0n) is 16.7. The first-order valence-corrected chi connectivity index (χ1v) is 11.1. The Balaban J connectivity index is 2.08. The molecule has 0 aliphatic carbocycles. The topological polar surface area (TPSA) is 96.8 Å². The predicted molar refractivity (Wildman–Crippen MR) is 111 cm³/mol. The van der Waals surface area contributed by atoms with Crippen LogP contribution in [0.25, 0.3) is 0 Å². The van der Waals surface area contributed by atoms with Crippen molar-refractivity contribution in [2.45, 2.75) is 16.6 Å². The second-order valence-corrected chi connectivity index (χ2v) is 9.16. The summed E-state index contributed by atoms with van der Waals surface area (Å²) in [6.07, 6.45) is 0.746. The first-order valence-electron chi connectivity index (χ1n) is 9.51. The van der Waals surface area contributed by atoms with Gasteiger partial charge in [0.05, 0.1) is 25.5 Å². The van der Waals surface area contributed by atoms with E-state index in [1.54, 1.807) is 48.5 Å². The summed E-state index contributed by atoms with van der Waals surface area (Å²) in [5.41, 5.74) is 0.547. The summed E-state index contributed by atoms with van der Waals surface area (Å²) >= 11 is 0. The predicted octanol–water partition coefficient (Wildman–Crippen LogP) is -0.0314. The number of quaternary nitrogens is 1. The Morgan fingerprint density at radius 3 is 2.03 bits per heavy atom. The molecule has 0 aromatic heterocycles. The molecular formula is C21H28N3O4S+. The van der Waals surface area contributed by atoms with Crippen LogP contribution in [0, 0.1) is 0 Å². The summed E-state index contributed by atoms with van der Waals surface area (Å²) in [4.78, 5) is 25.5. The summed E-state index contributed by atoms with van der Waals surface area (Å²) in [5.74, 6) is -1.60. The van der Waals surface area contributed by atoms with Crippen LogP contribution in [-0.4, -0.2) is 54.0 Å². The van der Waals surface area contributed by atoms with Crippen molar-refractivity contribution in [2.75, 3.05) is 33.7 Å². The molecule has 2 aromatic carbocycles. The lowest BCUT2D eigenvalue weighted by Crippen LogP contribution is -3.05. The summed E-state index contributed by atoms with van der Waals surface area (Å²) in [6, 6.07) is 16.7. The number of carbonyl (C=O) groups excluding carboxylic acids is 2. The second-order valence-electron chi connectivity index (χ2n) is 7.03. The van der Waals surface area contributed by atoms with Crippen LogP contribution in [0.1, 0.15) is 17.2 Å². The van der Waals surface area contributed by atoms with Crippen LogP contribution < -0.4 is 15.5 Å². The Bertz CT molecular complexity index is 900. The molecule has 0 radical (unpaired) electrons. The lowest BCUT2D eigenvalue weighted by Gasteiger charge is -2.19. The van der Waals surface area contributed by atoms with Gasteiger partial charge in [-0.3, -0.25) is 9.59 Å². The van der Waals surface area contributed by atoms with Gasteiger partial charge in [0.1, 0.15) is 5.25 Å². The van der Waals surface area contributed by atoms with E-state index in [4.69, 9.17) is 0 Å². The van der Waals surface area contributed by atoms with Crippen LogP contribution in [0.4, 0.5) is 0 Å². The maximum Gasteiger partial charge on any atom is 0.309 e. The van der Waals surface area contributed by atoms with Gasteiger partial charge < -0.3 is 15.5 Å². The van der Waals surface area contributed by atoms with Crippen molar-refractivity contribution < 1.29 is 22.9 Å². The number of sulfone groups is 1. The van der Waals surface area contributed by atoms with Gasteiger partial charge in [-0.2, -0.15) is 0 Å². The zero-order chi connectivity index (χ0) is 21.3. The minimum atomic E-state index is -3.76. The molecule has 2 rings (SSSR count). The van der Waals surface area contributed by atoms with E-state index < -0.39 is 26.9 Å². The second kappa shape index (κ2) is 10.7. The fraction of sp³-hybridized carbons (Fsp3) is 0.333. The molecule has 156 valence electrons. The van der Waals surface area contributed by atoms with Crippen LogP contribution >= 0.6 is 0 Å². The minimum Gasteiger partial charge on any atom is -0.348 e. The van der Waals surface area contributed by atoms with E-state index in [0.29, 0.717) is 12.1 Å². The van der Waals surface area contributed by atoms with Gasteiger partial charge in [0.15, 0.2) is 9.84 Å². The van der Waals surface area contributed by atoms with E-state index in [-0.39, 0.29) is 11.4 Å². The Morgan fingerprint density at radius 1 is 0.897 bits per heavy atom. The number of hydrogen-bond donors (Lipinski definition) is 3. The molecule has 0 aliphatic rings. The van der Waals surface area contributed by atoms with E-state index in [9.17, 15) is 18.0 Å². The highest BCUT2D eigenvalue weighted by Gasteiger charge is 2.30. The molecule has 0 saturated carbocycles. The van der Waals surface area contributed by atoms with Crippen LogP contribution in [0.2, 0.25) is 0 Å². The standard InChI is InChI=1S/C21H27N3O4S/c1-24(2)15-9-14-22-20(25)21(26)23-16-19(17-10-5-3-6-11-17)29(27,28)18-12-7-4-8-13-18/h3-8,10-13,19H,9,14-16H2,1-2H3,(H,22,25)(H,23,26)/p+1/t19-/m0/s1. The normalized spacial score (nSPS) is 12.4. The van der Waals surface area contributed by atoms with Crippen molar-refractivity contribution in [1.29, 1.82) is 0 Å². The summed E-state index contributed by atoms with van der Waals surface area (Å²) < 4.78 is 26.3. The van der Waals surface area contributed by atoms with Gasteiger partial charge in [0.2, 0.25) is 0 Å². The van der Waals surface area contributed by atoms with E-state index in [1.807, 2.05) is 14.1 Å². The summed E-state index contributed by atoms with van der Waals surface area (Å²) in [6.45, 7) is 1.06. The van der Waals surface area contributed by atoms with Crippen molar-refractivity contribution in [3.63, 3.8) is 0 Å². The van der Waals surface area contributed by atoms with E-state index in [2.05, 4.69) is 10.6 Å². The van der Waals surface area contributed by atoms with E-state index in [0.717, 1.165) is 13.0 Å². The van der Waals surface area contributed by atoms with Crippen molar-refractivity contribution in [3.8, 4) is 0 Å². The van der Waals surface area contributed by atoms with Gasteiger partial charge in [0, 0.05) is 19.5 Å². The molecule has 29 heavy (non-hydrogen) atoms. The molecule has 0 fully saturated rings. The quantitative estimate of drug-likeness (QED) is 0.394. The van der Waals surface area contributed by atoms with Crippen LogP contribution in [0.3, 0.4) is 0 Å². The van der Waals surface area contributed by atoms with Gasteiger partial charge in [-0.05, 0) is 17.7 Å². The third-order valence-corrected chi connectivity index (χ3v) is 6.53. The summed E-state index contributed by atoms with van der Waals surface area (Å²) in [5, 5.41) is 4.03. The number of nitrogens with one attached hydrogen (secondary N) is 3. The molecule has 0 bridgehead atoms. The van der Waals surface area contributed by atoms with Crippen molar-refractivity contribution in [2.24, 2.45) is 0 Å². The molecular weight excluding hydrogens is 390 g/mol. The van der Waals surface area contributed by atoms with E-state index >= 15 is 0 Å². The maximum absolute atomic E-state index is 13.1. The molecule has 3 N–H and O–H groups in total. The largest absolute Gasteiger partial charge is 0.348 e. The highest BCUT2D eigenvalue weighted by atomic mass is 32.2. The Hall–Kier alpha value is -2.71. The van der Waals surface area contributed by atoms with Gasteiger partial charge in [-0.1, -0.05) is 48.5 Å². The maximum atomic E-state index is 13.1. The third kappa shape index (κ3) is 6.69. The molecule has 8 heteroatoms. The molecule has 0 heterocycles. The SMILES string of the molecule is C[NH+](C)CCCNC(=O)C(=O)NC[C@@H](c1ccccc1)S(=O)(=O)c1ccccc1. The van der Waals surface area contributed by atoms with Gasteiger partial charge in [-0.25, -0.2) is 8.42 Å². The average Bonchev–Trinajstić information content (AvgIpc) is 2.72. The third-order valence-electron chi connectivity index (χ3n) is 4.41. The molecule has 0 spiro atoms. The number of benzene rings is 2. The number of hydrogen-bond acceptors (Lipinski definition) is 4. The first kappa shape index (κ1) is 22.6. The fourth-order valence-electron chi connectivity index (χ4n) is 2.84. The Morgan fingerprint density at radius 2 is 1.45 bits per heavy atom. The molecule has 2 aromatic rings. The monoisotopic (exact) mass is 418 g/mol. The molecule has 7 nitrogen and oxygen atoms in total. The smallest absolute Gasteiger partial charge is 0.309 e. The number of carbonyl (C=O) groups is 2. The highest BCUT2D eigenvalue weighted by Crippen LogP contribution is 2.28. The highest BCUT2D eigenvalue weighted by molar-refractivity contribution is 7.91. The van der Waals surface area contributed by atoms with Crippen LogP contribution in [-0.2, 0) is 19.4 Å². The van der Waals surface area contributed by atoms with Crippen LogP contribution in [0.5, 0.6) is 0 Å². The molecule has 0 unspecified atom stereocenters. The number of rotatable bonds is 9. The lowest BCUT2D eigenvalue weighted by atomic mass is 10.1. The van der Waals surface area contributed by atoms with E-state index in [1.165, 1.54) is 17.0 Å². The Kier molecular flexibility index (Phi) is 8.35. The van der Waals surface area contributed by atoms with Crippen molar-refractivity contribution in [1.82, 2.24) is 10.6 Å². The van der Waals surface area contributed by atoms with Crippen molar-refractivity contribution in [3.05, 3.63) is 66.2 Å². The average molecular weight is 419 g/mol. The first-order chi connectivity index (χ1) is 13.8. The lowest BCUT2D eigenvalue weighted by molar-refractivity contribution is -0.858. The van der Waals surface area contributed by atoms with Gasteiger partial charge >= 0.3 is 11.8 Å².